The summed E-state index contributed by atoms with van der Waals surface area (Å²) in [6.45, 7) is 7.20. The number of hydrogen-bond acceptors (Lipinski definition) is 6. The fourth-order valence-electron chi connectivity index (χ4n) is 2.71. The van der Waals surface area contributed by atoms with E-state index in [0.717, 1.165) is 41.9 Å². The van der Waals surface area contributed by atoms with Gasteiger partial charge in [-0.3, -0.25) is 23.8 Å². The summed E-state index contributed by atoms with van der Waals surface area (Å²) in [5, 5.41) is 13.5. The van der Waals surface area contributed by atoms with Crippen LogP contribution in [0.5, 0.6) is 5.88 Å². The predicted molar refractivity (Wildman–Crippen MR) is 89.6 cm³/mol. The van der Waals surface area contributed by atoms with Gasteiger partial charge in [-0.2, -0.15) is 0 Å². The van der Waals surface area contributed by atoms with E-state index in [0.29, 0.717) is 18.7 Å². The standard InChI is InChI=1S/C15H25N5O3/c1-4-11(17-7-10-20-8-5-16-6-9-20)12-13(21)18(2)15(23)19(3)14(12)22/h16,21H,4-10H2,1-3H3. The van der Waals surface area contributed by atoms with Gasteiger partial charge in [0.15, 0.2) is 0 Å². The first-order valence-corrected chi connectivity index (χ1v) is 7.93. The lowest BCUT2D eigenvalue weighted by Gasteiger charge is -2.26. The van der Waals surface area contributed by atoms with E-state index < -0.39 is 11.2 Å². The fourth-order valence-corrected chi connectivity index (χ4v) is 2.71. The highest BCUT2D eigenvalue weighted by Crippen LogP contribution is 2.12. The molecule has 8 heteroatoms. The van der Waals surface area contributed by atoms with Crippen molar-refractivity contribution in [1.29, 1.82) is 0 Å². The van der Waals surface area contributed by atoms with Crippen LogP contribution in [0.3, 0.4) is 0 Å². The van der Waals surface area contributed by atoms with E-state index in [2.05, 4.69) is 15.2 Å². The van der Waals surface area contributed by atoms with Gasteiger partial charge in [-0.25, -0.2) is 4.79 Å². The van der Waals surface area contributed by atoms with Crippen molar-refractivity contribution in [3.8, 4) is 5.88 Å². The molecule has 2 rings (SSSR count). The molecule has 2 heterocycles. The Balaban J connectivity index is 2.25. The number of piperazine rings is 1. The van der Waals surface area contributed by atoms with Crippen molar-refractivity contribution in [1.82, 2.24) is 19.4 Å². The second-order valence-electron chi connectivity index (χ2n) is 5.68. The normalized spacial score (nSPS) is 16.7. The van der Waals surface area contributed by atoms with Crippen LogP contribution in [-0.4, -0.2) is 64.1 Å². The molecule has 1 aromatic heterocycles. The van der Waals surface area contributed by atoms with Crippen LogP contribution < -0.4 is 16.6 Å². The number of hydrogen-bond donors (Lipinski definition) is 2. The molecule has 1 saturated heterocycles. The number of aliphatic imine (C=N–C) groups is 1. The maximum Gasteiger partial charge on any atom is 0.333 e. The van der Waals surface area contributed by atoms with Gasteiger partial charge in [-0.05, 0) is 6.42 Å². The number of aromatic nitrogens is 2. The van der Waals surface area contributed by atoms with Crippen LogP contribution in [0.25, 0.3) is 0 Å². The maximum atomic E-state index is 12.3. The van der Waals surface area contributed by atoms with E-state index >= 15 is 0 Å². The van der Waals surface area contributed by atoms with Crippen LogP contribution >= 0.6 is 0 Å². The summed E-state index contributed by atoms with van der Waals surface area (Å²) in [6.07, 6.45) is 0.516. The lowest BCUT2D eigenvalue weighted by atomic mass is 10.1. The topological polar surface area (TPSA) is 91.9 Å². The highest BCUT2D eigenvalue weighted by Gasteiger charge is 2.19. The molecule has 0 radical (unpaired) electrons. The van der Waals surface area contributed by atoms with E-state index in [1.54, 1.807) is 0 Å². The Kier molecular flexibility index (Phi) is 5.73. The van der Waals surface area contributed by atoms with E-state index in [9.17, 15) is 14.7 Å². The first kappa shape index (κ1) is 17.4. The fraction of sp³-hybridized carbons (Fsp3) is 0.667. The average Bonchev–Trinajstić information content (AvgIpc) is 2.58. The van der Waals surface area contributed by atoms with Crippen LogP contribution in [0.15, 0.2) is 14.6 Å². The molecule has 0 spiro atoms. The van der Waals surface area contributed by atoms with E-state index in [1.807, 2.05) is 6.92 Å². The zero-order chi connectivity index (χ0) is 17.0. The molecule has 0 amide bonds. The Bertz CT molecular complexity index is 698. The summed E-state index contributed by atoms with van der Waals surface area (Å²) in [4.78, 5) is 30.9. The summed E-state index contributed by atoms with van der Waals surface area (Å²) < 4.78 is 2.06. The summed E-state index contributed by atoms with van der Waals surface area (Å²) in [7, 11) is 2.84. The summed E-state index contributed by atoms with van der Waals surface area (Å²) in [5.41, 5.74) is -0.396. The smallest absolute Gasteiger partial charge is 0.333 e. The van der Waals surface area contributed by atoms with Crippen LogP contribution in [0, 0.1) is 0 Å². The van der Waals surface area contributed by atoms with E-state index in [-0.39, 0.29) is 11.4 Å². The first-order valence-electron chi connectivity index (χ1n) is 7.93. The molecule has 0 atom stereocenters. The number of nitrogens with one attached hydrogen (secondary N) is 1. The molecular weight excluding hydrogens is 298 g/mol. The van der Waals surface area contributed by atoms with Gasteiger partial charge in [0.2, 0.25) is 5.88 Å². The van der Waals surface area contributed by atoms with Crippen LogP contribution in [0.1, 0.15) is 18.9 Å². The van der Waals surface area contributed by atoms with Crippen LogP contribution in [-0.2, 0) is 14.1 Å². The van der Waals surface area contributed by atoms with E-state index in [4.69, 9.17) is 0 Å². The predicted octanol–water partition coefficient (Wildman–Crippen LogP) is -1.11. The van der Waals surface area contributed by atoms with Gasteiger partial charge >= 0.3 is 5.69 Å². The molecule has 0 aliphatic carbocycles. The third-order valence-electron chi connectivity index (χ3n) is 4.19. The highest BCUT2D eigenvalue weighted by atomic mass is 16.3. The molecule has 1 aliphatic heterocycles. The van der Waals surface area contributed by atoms with Gasteiger partial charge in [0.1, 0.15) is 5.56 Å². The minimum absolute atomic E-state index is 0.123. The summed E-state index contributed by atoms with van der Waals surface area (Å²) >= 11 is 0. The molecule has 1 aromatic rings. The number of nitrogens with zero attached hydrogens (tertiary/aromatic N) is 4. The molecule has 128 valence electrons. The van der Waals surface area contributed by atoms with Crippen molar-refractivity contribution >= 4 is 5.71 Å². The second kappa shape index (κ2) is 7.56. The van der Waals surface area contributed by atoms with Crippen molar-refractivity contribution in [2.45, 2.75) is 13.3 Å². The van der Waals surface area contributed by atoms with Gasteiger partial charge in [-0.1, -0.05) is 6.92 Å². The molecule has 1 aliphatic rings. The minimum atomic E-state index is -0.549. The monoisotopic (exact) mass is 323 g/mol. The van der Waals surface area contributed by atoms with Gasteiger partial charge in [0, 0.05) is 46.8 Å². The maximum absolute atomic E-state index is 12.3. The second-order valence-corrected chi connectivity index (χ2v) is 5.68. The lowest BCUT2D eigenvalue weighted by molar-refractivity contribution is 0.247. The SMILES string of the molecule is CCC(=NCCN1CCNCC1)c1c(O)n(C)c(=O)n(C)c1=O. The molecule has 8 nitrogen and oxygen atoms in total. The average molecular weight is 323 g/mol. The van der Waals surface area contributed by atoms with Crippen LogP contribution in [0.2, 0.25) is 0 Å². The van der Waals surface area contributed by atoms with Gasteiger partial charge in [-0.15, -0.1) is 0 Å². The molecule has 0 aromatic carbocycles. The van der Waals surface area contributed by atoms with Crippen molar-refractivity contribution in [3.05, 3.63) is 26.4 Å². The van der Waals surface area contributed by atoms with Gasteiger partial charge in [0.05, 0.1) is 12.3 Å². The lowest BCUT2D eigenvalue weighted by Crippen LogP contribution is -2.44. The highest BCUT2D eigenvalue weighted by molar-refractivity contribution is 6.01. The molecule has 0 unspecified atom stereocenters. The van der Waals surface area contributed by atoms with Gasteiger partial charge < -0.3 is 10.4 Å². The van der Waals surface area contributed by atoms with E-state index in [1.165, 1.54) is 14.1 Å². The van der Waals surface area contributed by atoms with Gasteiger partial charge in [0.25, 0.3) is 5.56 Å². The zero-order valence-electron chi connectivity index (χ0n) is 14.0. The van der Waals surface area contributed by atoms with Crippen LogP contribution in [0.4, 0.5) is 0 Å². The Morgan fingerprint density at radius 2 is 1.87 bits per heavy atom. The Labute approximate surface area is 135 Å². The zero-order valence-corrected chi connectivity index (χ0v) is 14.0. The minimum Gasteiger partial charge on any atom is -0.494 e. The Morgan fingerprint density at radius 3 is 2.48 bits per heavy atom. The Morgan fingerprint density at radius 1 is 1.22 bits per heavy atom. The third-order valence-corrected chi connectivity index (χ3v) is 4.19. The molecular formula is C15H25N5O3. The molecule has 1 fully saturated rings. The molecule has 2 N–H and O–H groups in total. The largest absolute Gasteiger partial charge is 0.494 e. The van der Waals surface area contributed by atoms with Crippen molar-refractivity contribution in [2.24, 2.45) is 19.1 Å². The third kappa shape index (κ3) is 3.70. The molecule has 0 bridgehead atoms. The summed E-state index contributed by atoms with van der Waals surface area (Å²) in [5.74, 6) is -0.319. The first-order chi connectivity index (χ1) is 11.0. The Hall–Kier alpha value is -1.93. The molecule has 23 heavy (non-hydrogen) atoms. The number of aromatic hydroxyl groups is 1. The van der Waals surface area contributed by atoms with Crippen molar-refractivity contribution in [2.75, 3.05) is 39.3 Å². The number of rotatable bonds is 5. The van der Waals surface area contributed by atoms with Crippen molar-refractivity contribution < 1.29 is 5.11 Å². The van der Waals surface area contributed by atoms with Crippen molar-refractivity contribution in [3.63, 3.8) is 0 Å². The molecule has 0 saturated carbocycles. The quantitative estimate of drug-likeness (QED) is 0.671. The summed E-state index contributed by atoms with van der Waals surface area (Å²) in [6, 6.07) is 0.